The molecule has 0 bridgehead atoms. The number of nitrogens with one attached hydrogen (secondary N) is 1. The van der Waals surface area contributed by atoms with Crippen LogP contribution in [-0.4, -0.2) is 46.6 Å². The van der Waals surface area contributed by atoms with E-state index in [1.165, 1.54) is 25.7 Å². The molecule has 130 valence electrons. The van der Waals surface area contributed by atoms with Crippen molar-refractivity contribution in [3.05, 3.63) is 0 Å². The Kier molecular flexibility index (Phi) is 5.24. The molecule has 3 rings (SSSR count). The molecule has 5 nitrogen and oxygen atoms in total. The van der Waals surface area contributed by atoms with Gasteiger partial charge in [-0.3, -0.25) is 9.59 Å². The number of likely N-dealkylation sites (tertiary alicyclic amines) is 1. The van der Waals surface area contributed by atoms with E-state index in [4.69, 9.17) is 0 Å². The van der Waals surface area contributed by atoms with Gasteiger partial charge in [0, 0.05) is 25.6 Å². The van der Waals surface area contributed by atoms with Gasteiger partial charge in [-0.25, -0.2) is 0 Å². The fourth-order valence-electron chi connectivity index (χ4n) is 4.44. The van der Waals surface area contributed by atoms with Crippen LogP contribution in [0.3, 0.4) is 0 Å². The number of amides is 2. The van der Waals surface area contributed by atoms with E-state index < -0.39 is 5.60 Å². The zero-order chi connectivity index (χ0) is 16.3. The van der Waals surface area contributed by atoms with Crippen molar-refractivity contribution in [2.45, 2.75) is 82.3 Å². The van der Waals surface area contributed by atoms with Crippen molar-refractivity contribution in [3.8, 4) is 0 Å². The minimum Gasteiger partial charge on any atom is -0.388 e. The Hall–Kier alpha value is -1.10. The Morgan fingerprint density at radius 1 is 1.13 bits per heavy atom. The Morgan fingerprint density at radius 2 is 1.78 bits per heavy atom. The van der Waals surface area contributed by atoms with Gasteiger partial charge in [0.05, 0.1) is 11.5 Å². The quantitative estimate of drug-likeness (QED) is 0.778. The summed E-state index contributed by atoms with van der Waals surface area (Å²) in [6.07, 6.45) is 11.0. The minimum atomic E-state index is -0.723. The van der Waals surface area contributed by atoms with E-state index in [0.717, 1.165) is 38.5 Å². The van der Waals surface area contributed by atoms with Gasteiger partial charge in [-0.1, -0.05) is 38.5 Å². The summed E-state index contributed by atoms with van der Waals surface area (Å²) in [6, 6.07) is 0.335. The molecule has 0 spiro atoms. The molecule has 2 N–H and O–H groups in total. The van der Waals surface area contributed by atoms with Crippen LogP contribution in [-0.2, 0) is 9.59 Å². The van der Waals surface area contributed by atoms with Crippen LogP contribution in [0.1, 0.15) is 70.6 Å². The molecule has 2 aliphatic carbocycles. The maximum Gasteiger partial charge on any atom is 0.225 e. The van der Waals surface area contributed by atoms with Crippen LogP contribution in [0.2, 0.25) is 0 Å². The van der Waals surface area contributed by atoms with E-state index in [1.807, 2.05) is 4.90 Å². The molecule has 2 saturated carbocycles. The smallest absolute Gasteiger partial charge is 0.225 e. The zero-order valence-corrected chi connectivity index (χ0v) is 14.1. The summed E-state index contributed by atoms with van der Waals surface area (Å²) < 4.78 is 0. The maximum atomic E-state index is 12.4. The number of aliphatic hydroxyl groups is 1. The van der Waals surface area contributed by atoms with Crippen LogP contribution in [0.25, 0.3) is 0 Å². The Balaban J connectivity index is 1.50. The summed E-state index contributed by atoms with van der Waals surface area (Å²) in [4.78, 5) is 26.7. The minimum absolute atomic E-state index is 0.0604. The number of carbonyl (C=O) groups is 2. The normalized spacial score (nSPS) is 28.8. The number of hydrogen-bond donors (Lipinski definition) is 2. The topological polar surface area (TPSA) is 69.6 Å². The molecule has 0 radical (unpaired) electrons. The highest BCUT2D eigenvalue weighted by Gasteiger charge is 2.39. The van der Waals surface area contributed by atoms with E-state index in [-0.39, 0.29) is 17.7 Å². The number of rotatable bonds is 4. The Labute approximate surface area is 138 Å². The summed E-state index contributed by atoms with van der Waals surface area (Å²) in [5.74, 6) is -0.165. The average molecular weight is 322 g/mol. The highest BCUT2D eigenvalue weighted by atomic mass is 16.3. The van der Waals surface area contributed by atoms with Crippen molar-refractivity contribution in [1.29, 1.82) is 0 Å². The Morgan fingerprint density at radius 3 is 2.43 bits per heavy atom. The second kappa shape index (κ2) is 7.20. The fraction of sp³-hybridized carbons (Fsp3) is 0.889. The summed E-state index contributed by atoms with van der Waals surface area (Å²) in [6.45, 7) is 0.897. The first-order chi connectivity index (χ1) is 11.1. The fourth-order valence-corrected chi connectivity index (χ4v) is 4.44. The Bertz CT molecular complexity index is 438. The third-order valence-corrected chi connectivity index (χ3v) is 5.92. The van der Waals surface area contributed by atoms with Gasteiger partial charge >= 0.3 is 0 Å². The van der Waals surface area contributed by atoms with E-state index in [0.29, 0.717) is 25.6 Å². The van der Waals surface area contributed by atoms with Gasteiger partial charge < -0.3 is 15.3 Å². The van der Waals surface area contributed by atoms with E-state index in [2.05, 4.69) is 5.32 Å². The van der Waals surface area contributed by atoms with Crippen LogP contribution >= 0.6 is 0 Å². The molecule has 1 saturated heterocycles. The zero-order valence-electron chi connectivity index (χ0n) is 14.1. The van der Waals surface area contributed by atoms with Gasteiger partial charge in [0.15, 0.2) is 0 Å². The van der Waals surface area contributed by atoms with Gasteiger partial charge in [0.1, 0.15) is 0 Å². The van der Waals surface area contributed by atoms with Crippen molar-refractivity contribution in [1.82, 2.24) is 10.2 Å². The molecule has 2 amide bonds. The lowest BCUT2D eigenvalue weighted by atomic mass is 10.0. The van der Waals surface area contributed by atoms with Crippen LogP contribution in [0.4, 0.5) is 0 Å². The second-order valence-electron chi connectivity index (χ2n) is 7.74. The molecular formula is C18H30N2O3. The molecule has 23 heavy (non-hydrogen) atoms. The third-order valence-electron chi connectivity index (χ3n) is 5.92. The molecule has 1 heterocycles. The van der Waals surface area contributed by atoms with Crippen molar-refractivity contribution < 1.29 is 14.7 Å². The van der Waals surface area contributed by atoms with Crippen LogP contribution in [0.5, 0.6) is 0 Å². The lowest BCUT2D eigenvalue weighted by molar-refractivity contribution is -0.130. The summed E-state index contributed by atoms with van der Waals surface area (Å²) in [5.41, 5.74) is -0.723. The van der Waals surface area contributed by atoms with Crippen molar-refractivity contribution >= 4 is 11.8 Å². The molecular weight excluding hydrogens is 292 g/mol. The molecule has 5 heteroatoms. The number of nitrogens with zero attached hydrogens (tertiary/aromatic N) is 1. The van der Waals surface area contributed by atoms with Crippen molar-refractivity contribution in [3.63, 3.8) is 0 Å². The summed E-state index contributed by atoms with van der Waals surface area (Å²) >= 11 is 0. The van der Waals surface area contributed by atoms with Crippen LogP contribution in [0, 0.1) is 5.92 Å². The first kappa shape index (κ1) is 16.7. The number of hydrogen-bond acceptors (Lipinski definition) is 3. The average Bonchev–Trinajstić information content (AvgIpc) is 3.03. The molecule has 0 aromatic rings. The first-order valence-corrected chi connectivity index (χ1v) is 9.37. The van der Waals surface area contributed by atoms with Gasteiger partial charge in [-0.2, -0.15) is 0 Å². The lowest BCUT2D eigenvalue weighted by Gasteiger charge is -2.27. The molecule has 1 unspecified atom stereocenters. The predicted molar refractivity (Wildman–Crippen MR) is 87.7 cm³/mol. The maximum absolute atomic E-state index is 12.4. The largest absolute Gasteiger partial charge is 0.388 e. The van der Waals surface area contributed by atoms with Crippen molar-refractivity contribution in [2.75, 3.05) is 13.1 Å². The van der Waals surface area contributed by atoms with E-state index in [9.17, 15) is 14.7 Å². The monoisotopic (exact) mass is 322 g/mol. The molecule has 0 aromatic heterocycles. The van der Waals surface area contributed by atoms with Gasteiger partial charge in [-0.15, -0.1) is 0 Å². The number of carbonyl (C=O) groups excluding carboxylic acids is 2. The molecule has 0 aromatic carbocycles. The molecule has 1 aliphatic heterocycles. The van der Waals surface area contributed by atoms with E-state index >= 15 is 0 Å². The highest BCUT2D eigenvalue weighted by molar-refractivity contribution is 5.89. The first-order valence-electron chi connectivity index (χ1n) is 9.37. The van der Waals surface area contributed by atoms with Gasteiger partial charge in [-0.05, 0) is 25.7 Å². The highest BCUT2D eigenvalue weighted by Crippen LogP contribution is 2.30. The lowest BCUT2D eigenvalue weighted by Crippen LogP contribution is -2.44. The van der Waals surface area contributed by atoms with E-state index in [1.54, 1.807) is 0 Å². The predicted octanol–water partition coefficient (Wildman–Crippen LogP) is 1.98. The molecule has 3 aliphatic rings. The van der Waals surface area contributed by atoms with Crippen LogP contribution < -0.4 is 5.32 Å². The molecule has 1 atom stereocenters. The second-order valence-corrected chi connectivity index (χ2v) is 7.74. The SMILES string of the molecule is O=C(NCC1(O)CCCC1)C1CC(=O)N(C2CCCCCC2)C1. The summed E-state index contributed by atoms with van der Waals surface area (Å²) in [7, 11) is 0. The van der Waals surface area contributed by atoms with Gasteiger partial charge in [0.2, 0.25) is 11.8 Å². The van der Waals surface area contributed by atoms with Gasteiger partial charge in [0.25, 0.3) is 0 Å². The summed E-state index contributed by atoms with van der Waals surface area (Å²) in [5, 5.41) is 13.2. The standard InChI is InChI=1S/C18H30N2O3/c21-16-11-14(12-20(16)15-7-3-1-2-4-8-15)17(22)19-13-18(23)9-5-6-10-18/h14-15,23H,1-13H2,(H,19,22). The third kappa shape index (κ3) is 4.06. The molecule has 3 fully saturated rings. The van der Waals surface area contributed by atoms with Crippen molar-refractivity contribution in [2.24, 2.45) is 5.92 Å². The van der Waals surface area contributed by atoms with Crippen LogP contribution in [0.15, 0.2) is 0 Å².